The molecule has 2 heterocycles. The van der Waals surface area contributed by atoms with Gasteiger partial charge in [0.2, 0.25) is 0 Å². The lowest BCUT2D eigenvalue weighted by Crippen LogP contribution is -2.61. The van der Waals surface area contributed by atoms with Gasteiger partial charge in [0.05, 0.1) is 19.1 Å². The van der Waals surface area contributed by atoms with Crippen molar-refractivity contribution in [2.45, 2.75) is 50.2 Å². The Hall–Kier alpha value is -2.19. The summed E-state index contributed by atoms with van der Waals surface area (Å²) in [6, 6.07) is 5.80. The number of aliphatic hydroxyl groups is 1. The number of piperazine rings is 1. The molecule has 4 bridgehead atoms. The average Bonchev–Trinajstić information content (AvgIpc) is 2.79. The summed E-state index contributed by atoms with van der Waals surface area (Å²) in [4.78, 5) is 33.6. The molecule has 5 aliphatic rings. The van der Waals surface area contributed by atoms with Gasteiger partial charge in [0.1, 0.15) is 11.5 Å². The van der Waals surface area contributed by atoms with E-state index in [-0.39, 0.29) is 17.9 Å². The highest BCUT2D eigenvalue weighted by Gasteiger charge is 2.55. The predicted octanol–water partition coefficient (Wildman–Crippen LogP) is 1.44. The maximum Gasteiger partial charge on any atom is 0.306 e. The van der Waals surface area contributed by atoms with Crippen molar-refractivity contribution in [3.8, 4) is 0 Å². The number of hydrogen-bond donors (Lipinski definition) is 2. The van der Waals surface area contributed by atoms with Crippen LogP contribution in [0, 0.1) is 17.8 Å². The molecule has 32 heavy (non-hydrogen) atoms. The van der Waals surface area contributed by atoms with E-state index < -0.39 is 5.60 Å². The SMILES string of the molecule is COC(=O)CCN1CCN(c2cccc(C(=O)N[C@H]3C4CC5CC3C[C@](O)(C5)C4)n2)CC1. The van der Waals surface area contributed by atoms with Gasteiger partial charge in [-0.25, -0.2) is 4.98 Å². The van der Waals surface area contributed by atoms with Crippen molar-refractivity contribution in [2.24, 2.45) is 17.8 Å². The van der Waals surface area contributed by atoms with Gasteiger partial charge in [-0.15, -0.1) is 0 Å². The number of methoxy groups -OCH3 is 1. The van der Waals surface area contributed by atoms with Crippen LogP contribution in [0.5, 0.6) is 0 Å². The molecule has 1 aromatic rings. The third-order valence-corrected chi connectivity index (χ3v) is 8.06. The summed E-state index contributed by atoms with van der Waals surface area (Å²) in [5.41, 5.74) is -0.0299. The van der Waals surface area contributed by atoms with Crippen molar-refractivity contribution in [1.29, 1.82) is 0 Å². The van der Waals surface area contributed by atoms with E-state index >= 15 is 0 Å². The summed E-state index contributed by atoms with van der Waals surface area (Å²) < 4.78 is 4.72. The first kappa shape index (κ1) is 21.6. The second kappa shape index (κ2) is 8.63. The Morgan fingerprint density at radius 2 is 1.88 bits per heavy atom. The third-order valence-electron chi connectivity index (χ3n) is 8.06. The Balaban J connectivity index is 1.18. The van der Waals surface area contributed by atoms with E-state index in [1.165, 1.54) is 7.11 Å². The van der Waals surface area contributed by atoms with Gasteiger partial charge in [-0.3, -0.25) is 14.5 Å². The molecular weight excluding hydrogens is 408 g/mol. The predicted molar refractivity (Wildman–Crippen MR) is 119 cm³/mol. The first-order valence-electron chi connectivity index (χ1n) is 12.0. The lowest BCUT2D eigenvalue weighted by molar-refractivity contribution is -0.141. The number of carbonyl (C=O) groups excluding carboxylic acids is 2. The van der Waals surface area contributed by atoms with Crippen LogP contribution in [-0.4, -0.2) is 78.3 Å². The molecular formula is C24H34N4O4. The van der Waals surface area contributed by atoms with E-state index in [1.807, 2.05) is 12.1 Å². The number of esters is 1. The number of amides is 1. The Bertz CT molecular complexity index is 853. The minimum absolute atomic E-state index is 0.104. The minimum atomic E-state index is -0.491. The van der Waals surface area contributed by atoms with Gasteiger partial charge in [-0.2, -0.15) is 0 Å². The van der Waals surface area contributed by atoms with Gasteiger partial charge in [-0.05, 0) is 62.0 Å². The molecule has 0 aromatic carbocycles. The lowest BCUT2D eigenvalue weighted by atomic mass is 9.52. The fraction of sp³-hybridized carbons (Fsp3) is 0.708. The zero-order chi connectivity index (χ0) is 22.3. The van der Waals surface area contributed by atoms with Crippen molar-refractivity contribution in [3.05, 3.63) is 23.9 Å². The Kier molecular flexibility index (Phi) is 5.84. The molecule has 1 saturated heterocycles. The van der Waals surface area contributed by atoms with E-state index in [1.54, 1.807) is 6.07 Å². The van der Waals surface area contributed by atoms with E-state index in [0.717, 1.165) is 64.1 Å². The number of pyridine rings is 1. The smallest absolute Gasteiger partial charge is 0.306 e. The average molecular weight is 443 g/mol. The first-order chi connectivity index (χ1) is 15.4. The van der Waals surface area contributed by atoms with E-state index in [0.29, 0.717) is 36.4 Å². The summed E-state index contributed by atoms with van der Waals surface area (Å²) in [6.45, 7) is 4.03. The Morgan fingerprint density at radius 3 is 2.53 bits per heavy atom. The number of nitrogens with one attached hydrogen (secondary N) is 1. The number of rotatable bonds is 6. The second-order valence-electron chi connectivity index (χ2n) is 10.2. The van der Waals surface area contributed by atoms with Crippen LogP contribution in [0.3, 0.4) is 0 Å². The van der Waals surface area contributed by atoms with E-state index in [2.05, 4.69) is 20.1 Å². The molecule has 2 unspecified atom stereocenters. The zero-order valence-corrected chi connectivity index (χ0v) is 18.8. The fourth-order valence-electron chi connectivity index (χ4n) is 6.72. The Morgan fingerprint density at radius 1 is 1.16 bits per heavy atom. The quantitative estimate of drug-likeness (QED) is 0.644. The summed E-state index contributed by atoms with van der Waals surface area (Å²) in [5.74, 6) is 1.94. The van der Waals surface area contributed by atoms with Gasteiger partial charge >= 0.3 is 5.97 Å². The zero-order valence-electron chi connectivity index (χ0n) is 18.8. The van der Waals surface area contributed by atoms with Crippen LogP contribution in [0.2, 0.25) is 0 Å². The molecule has 2 atom stereocenters. The van der Waals surface area contributed by atoms with Gasteiger partial charge in [-0.1, -0.05) is 6.07 Å². The normalized spacial score (nSPS) is 33.9. The van der Waals surface area contributed by atoms with E-state index in [4.69, 9.17) is 4.74 Å². The largest absolute Gasteiger partial charge is 0.469 e. The molecule has 8 heteroatoms. The van der Waals surface area contributed by atoms with Crippen LogP contribution in [0.25, 0.3) is 0 Å². The highest BCUT2D eigenvalue weighted by Crippen LogP contribution is 2.55. The standard InChI is InChI=1S/C24H34N4O4/c1-32-21(29)5-6-27-7-9-28(10-8-27)20-4-2-3-19(25-20)23(30)26-22-17-11-16-12-18(22)15-24(31,13-16)14-17/h2-4,16-18,22,31H,5-15H2,1H3,(H,26,30)/t16?,17?,18?,22-,24-. The minimum Gasteiger partial charge on any atom is -0.469 e. The summed E-state index contributed by atoms with van der Waals surface area (Å²) in [7, 11) is 1.42. The number of carbonyl (C=O) groups is 2. The number of ether oxygens (including phenoxy) is 1. The molecule has 174 valence electrons. The van der Waals surface area contributed by atoms with Crippen LogP contribution in [0.15, 0.2) is 18.2 Å². The van der Waals surface area contributed by atoms with Crippen LogP contribution in [0.4, 0.5) is 5.82 Å². The van der Waals surface area contributed by atoms with E-state index in [9.17, 15) is 14.7 Å². The third kappa shape index (κ3) is 4.35. The van der Waals surface area contributed by atoms with Crippen LogP contribution in [-0.2, 0) is 9.53 Å². The maximum atomic E-state index is 13.1. The molecule has 1 aliphatic heterocycles. The number of anilines is 1. The van der Waals surface area contributed by atoms with Crippen LogP contribution >= 0.6 is 0 Å². The molecule has 1 aromatic heterocycles. The molecule has 0 radical (unpaired) electrons. The second-order valence-corrected chi connectivity index (χ2v) is 10.2. The maximum absolute atomic E-state index is 13.1. The van der Waals surface area contributed by atoms with Crippen molar-refractivity contribution in [2.75, 3.05) is 44.7 Å². The monoisotopic (exact) mass is 442 g/mol. The van der Waals surface area contributed by atoms with Crippen molar-refractivity contribution in [3.63, 3.8) is 0 Å². The number of nitrogens with zero attached hydrogens (tertiary/aromatic N) is 3. The van der Waals surface area contributed by atoms with Gasteiger partial charge < -0.3 is 20.1 Å². The van der Waals surface area contributed by atoms with Crippen LogP contribution < -0.4 is 10.2 Å². The van der Waals surface area contributed by atoms with Gasteiger partial charge in [0, 0.05) is 38.8 Å². The van der Waals surface area contributed by atoms with Crippen molar-refractivity contribution >= 4 is 17.7 Å². The summed E-state index contributed by atoms with van der Waals surface area (Å²) in [5, 5.41) is 14.1. The van der Waals surface area contributed by atoms with Gasteiger partial charge in [0.15, 0.2) is 0 Å². The number of hydrogen-bond acceptors (Lipinski definition) is 7. The molecule has 2 N–H and O–H groups in total. The Labute approximate surface area is 189 Å². The molecule has 8 nitrogen and oxygen atoms in total. The fourth-order valence-corrected chi connectivity index (χ4v) is 6.72. The lowest BCUT2D eigenvalue weighted by Gasteiger charge is -2.58. The topological polar surface area (TPSA) is 95.0 Å². The highest BCUT2D eigenvalue weighted by atomic mass is 16.5. The van der Waals surface area contributed by atoms with Crippen molar-refractivity contribution in [1.82, 2.24) is 15.2 Å². The van der Waals surface area contributed by atoms with Crippen molar-refractivity contribution < 1.29 is 19.4 Å². The highest BCUT2D eigenvalue weighted by molar-refractivity contribution is 5.93. The molecule has 0 spiro atoms. The molecule has 5 fully saturated rings. The first-order valence-corrected chi connectivity index (χ1v) is 12.0. The summed E-state index contributed by atoms with van der Waals surface area (Å²) in [6.07, 6.45) is 5.23. The summed E-state index contributed by atoms with van der Waals surface area (Å²) >= 11 is 0. The van der Waals surface area contributed by atoms with Gasteiger partial charge in [0.25, 0.3) is 5.91 Å². The molecule has 6 rings (SSSR count). The molecule has 4 saturated carbocycles. The number of aromatic nitrogens is 1. The molecule has 4 aliphatic carbocycles. The van der Waals surface area contributed by atoms with Crippen LogP contribution in [0.1, 0.15) is 49.0 Å². The molecule has 1 amide bonds.